The van der Waals surface area contributed by atoms with Crippen molar-refractivity contribution in [2.45, 2.75) is 19.3 Å². The summed E-state index contributed by atoms with van der Waals surface area (Å²) >= 11 is 0. The van der Waals surface area contributed by atoms with E-state index in [-0.39, 0.29) is 35.1 Å². The lowest BCUT2D eigenvalue weighted by atomic mass is 10.0. The van der Waals surface area contributed by atoms with Gasteiger partial charge in [-0.3, -0.25) is 9.59 Å². The maximum atomic E-state index is 13.9. The van der Waals surface area contributed by atoms with Crippen LogP contribution in [0.4, 0.5) is 14.5 Å². The van der Waals surface area contributed by atoms with Crippen LogP contribution in [0.3, 0.4) is 0 Å². The zero-order chi connectivity index (χ0) is 17.3. The van der Waals surface area contributed by atoms with Crippen molar-refractivity contribution in [2.24, 2.45) is 0 Å². The van der Waals surface area contributed by atoms with E-state index in [0.29, 0.717) is 5.56 Å². The normalized spacial score (nSPS) is 16.0. The first kappa shape index (κ1) is 16.1. The predicted octanol–water partition coefficient (Wildman–Crippen LogP) is 3.67. The topological polar surface area (TPSA) is 55.4 Å². The minimum absolute atomic E-state index is 0.0418. The fourth-order valence-electron chi connectivity index (χ4n) is 2.84. The van der Waals surface area contributed by atoms with Gasteiger partial charge >= 0.3 is 0 Å². The highest BCUT2D eigenvalue weighted by Crippen LogP contribution is 2.39. The summed E-state index contributed by atoms with van der Waals surface area (Å²) in [5.74, 6) is -1.84. The van der Waals surface area contributed by atoms with E-state index in [1.165, 1.54) is 30.3 Å². The summed E-state index contributed by atoms with van der Waals surface area (Å²) in [6.07, 6.45) is 0.216. The van der Waals surface area contributed by atoms with Gasteiger partial charge < -0.3 is 10.1 Å². The standard InChI is InChI=1S/C18H15F2NO3/c1-10-8-14(22)18-15(7-6-12(20)17(10)18)24-9-16(23)21-13-5-3-2-4-11(13)19/h2-7,10H,8-9H2,1H3,(H,21,23)/t10-/m1/s1. The van der Waals surface area contributed by atoms with Gasteiger partial charge in [-0.2, -0.15) is 0 Å². The van der Waals surface area contributed by atoms with E-state index >= 15 is 0 Å². The monoisotopic (exact) mass is 331 g/mol. The maximum absolute atomic E-state index is 13.9. The third-order valence-electron chi connectivity index (χ3n) is 3.92. The molecule has 0 heterocycles. The first-order chi connectivity index (χ1) is 11.5. The Morgan fingerprint density at radius 1 is 1.21 bits per heavy atom. The first-order valence-corrected chi connectivity index (χ1v) is 7.50. The average Bonchev–Trinajstić information content (AvgIpc) is 2.85. The maximum Gasteiger partial charge on any atom is 0.262 e. The molecule has 24 heavy (non-hydrogen) atoms. The lowest BCUT2D eigenvalue weighted by molar-refractivity contribution is -0.118. The Morgan fingerprint density at radius 2 is 1.96 bits per heavy atom. The molecule has 0 unspecified atom stereocenters. The molecule has 0 aromatic heterocycles. The second-order valence-corrected chi connectivity index (χ2v) is 5.68. The van der Waals surface area contributed by atoms with E-state index in [9.17, 15) is 18.4 Å². The summed E-state index contributed by atoms with van der Waals surface area (Å²) in [6, 6.07) is 8.30. The molecule has 6 heteroatoms. The molecule has 0 saturated carbocycles. The number of amides is 1. The number of fused-ring (bicyclic) bond motifs is 1. The molecule has 124 valence electrons. The number of hydrogen-bond acceptors (Lipinski definition) is 3. The number of benzene rings is 2. The van der Waals surface area contributed by atoms with Gasteiger partial charge in [0, 0.05) is 12.0 Å². The van der Waals surface area contributed by atoms with Crippen LogP contribution >= 0.6 is 0 Å². The highest BCUT2D eigenvalue weighted by Gasteiger charge is 2.32. The molecule has 0 saturated heterocycles. The van der Waals surface area contributed by atoms with Crippen molar-refractivity contribution < 1.29 is 23.1 Å². The van der Waals surface area contributed by atoms with Gasteiger partial charge in [0.05, 0.1) is 11.3 Å². The van der Waals surface area contributed by atoms with Gasteiger partial charge in [-0.15, -0.1) is 0 Å². The number of hydrogen-bond donors (Lipinski definition) is 1. The van der Waals surface area contributed by atoms with Crippen LogP contribution in [-0.4, -0.2) is 18.3 Å². The van der Waals surface area contributed by atoms with Gasteiger partial charge in [-0.25, -0.2) is 8.78 Å². The number of carbonyl (C=O) groups excluding carboxylic acids is 2. The summed E-state index contributed by atoms with van der Waals surface area (Å²) in [4.78, 5) is 23.9. The van der Waals surface area contributed by atoms with Crippen molar-refractivity contribution in [2.75, 3.05) is 11.9 Å². The second kappa shape index (κ2) is 6.39. The molecule has 4 nitrogen and oxygen atoms in total. The molecule has 1 N–H and O–H groups in total. The number of para-hydroxylation sites is 1. The fourth-order valence-corrected chi connectivity index (χ4v) is 2.84. The van der Waals surface area contributed by atoms with Gasteiger partial charge in [0.2, 0.25) is 0 Å². The molecule has 0 radical (unpaired) electrons. The Labute approximate surface area is 137 Å². The molecule has 1 atom stereocenters. The molecule has 0 spiro atoms. The molecule has 0 aliphatic heterocycles. The van der Waals surface area contributed by atoms with Crippen LogP contribution in [-0.2, 0) is 4.79 Å². The molecular weight excluding hydrogens is 316 g/mol. The summed E-state index contributed by atoms with van der Waals surface area (Å²) in [7, 11) is 0. The molecule has 1 amide bonds. The lowest BCUT2D eigenvalue weighted by Crippen LogP contribution is -2.21. The number of halogens is 2. The molecule has 0 fully saturated rings. The summed E-state index contributed by atoms with van der Waals surface area (Å²) in [5, 5.41) is 2.38. The van der Waals surface area contributed by atoms with Gasteiger partial charge in [-0.05, 0) is 30.2 Å². The molecule has 2 aromatic rings. The third kappa shape index (κ3) is 2.99. The Balaban J connectivity index is 1.73. The van der Waals surface area contributed by atoms with Crippen molar-refractivity contribution in [3.8, 4) is 5.75 Å². The number of carbonyl (C=O) groups is 2. The number of ether oxygens (including phenoxy) is 1. The van der Waals surface area contributed by atoms with Crippen molar-refractivity contribution in [3.63, 3.8) is 0 Å². The Morgan fingerprint density at radius 3 is 2.71 bits per heavy atom. The van der Waals surface area contributed by atoms with Crippen LogP contribution in [0.1, 0.15) is 35.2 Å². The highest BCUT2D eigenvalue weighted by atomic mass is 19.1. The van der Waals surface area contributed by atoms with E-state index in [1.54, 1.807) is 13.0 Å². The highest BCUT2D eigenvalue weighted by molar-refractivity contribution is 6.04. The average molecular weight is 331 g/mol. The van der Waals surface area contributed by atoms with E-state index in [1.807, 2.05) is 0 Å². The summed E-state index contributed by atoms with van der Waals surface area (Å²) in [6.45, 7) is 1.36. The zero-order valence-corrected chi connectivity index (χ0v) is 12.9. The number of Topliss-reactive ketones (excluding diaryl/α,β-unsaturated/α-hetero) is 1. The third-order valence-corrected chi connectivity index (χ3v) is 3.92. The number of anilines is 1. The number of nitrogens with one attached hydrogen (secondary N) is 1. The Bertz CT molecular complexity index is 820. The first-order valence-electron chi connectivity index (χ1n) is 7.50. The van der Waals surface area contributed by atoms with Crippen molar-refractivity contribution in [3.05, 3.63) is 59.2 Å². The molecular formula is C18H15F2NO3. The largest absolute Gasteiger partial charge is 0.483 e. The van der Waals surface area contributed by atoms with Crippen LogP contribution in [0.15, 0.2) is 36.4 Å². The fraction of sp³-hybridized carbons (Fsp3) is 0.222. The van der Waals surface area contributed by atoms with Gasteiger partial charge in [-0.1, -0.05) is 19.1 Å². The van der Waals surface area contributed by atoms with Crippen molar-refractivity contribution in [1.82, 2.24) is 0 Å². The van der Waals surface area contributed by atoms with Crippen LogP contribution in [0, 0.1) is 11.6 Å². The SMILES string of the molecule is C[C@@H]1CC(=O)c2c(OCC(=O)Nc3ccccc3F)ccc(F)c21. The minimum atomic E-state index is -0.573. The van der Waals surface area contributed by atoms with Crippen molar-refractivity contribution in [1.29, 1.82) is 0 Å². The Kier molecular flexibility index (Phi) is 4.29. The lowest BCUT2D eigenvalue weighted by Gasteiger charge is -2.12. The van der Waals surface area contributed by atoms with E-state index < -0.39 is 24.1 Å². The van der Waals surface area contributed by atoms with E-state index in [4.69, 9.17) is 4.74 Å². The molecule has 3 rings (SSSR count). The molecule has 1 aliphatic carbocycles. The van der Waals surface area contributed by atoms with Gasteiger partial charge in [0.15, 0.2) is 12.4 Å². The molecule has 2 aromatic carbocycles. The smallest absolute Gasteiger partial charge is 0.262 e. The van der Waals surface area contributed by atoms with Gasteiger partial charge in [0.25, 0.3) is 5.91 Å². The molecule has 0 bridgehead atoms. The summed E-state index contributed by atoms with van der Waals surface area (Å²) < 4.78 is 32.8. The second-order valence-electron chi connectivity index (χ2n) is 5.68. The molecule has 1 aliphatic rings. The van der Waals surface area contributed by atoms with Crippen LogP contribution < -0.4 is 10.1 Å². The van der Waals surface area contributed by atoms with E-state index in [0.717, 1.165) is 0 Å². The van der Waals surface area contributed by atoms with Gasteiger partial charge in [0.1, 0.15) is 17.4 Å². The minimum Gasteiger partial charge on any atom is -0.483 e. The zero-order valence-electron chi connectivity index (χ0n) is 12.9. The van der Waals surface area contributed by atoms with Crippen LogP contribution in [0.25, 0.3) is 0 Å². The Hall–Kier alpha value is -2.76. The predicted molar refractivity (Wildman–Crippen MR) is 84.3 cm³/mol. The summed E-state index contributed by atoms with van der Waals surface area (Å²) in [5.41, 5.74) is 0.563. The van der Waals surface area contributed by atoms with Crippen molar-refractivity contribution >= 4 is 17.4 Å². The quantitative estimate of drug-likeness (QED) is 0.930. The van der Waals surface area contributed by atoms with E-state index in [2.05, 4.69) is 5.32 Å². The number of rotatable bonds is 4. The number of ketones is 1. The van der Waals surface area contributed by atoms with Crippen LogP contribution in [0.5, 0.6) is 5.75 Å². The van der Waals surface area contributed by atoms with Crippen LogP contribution in [0.2, 0.25) is 0 Å².